The van der Waals surface area contributed by atoms with Crippen LogP contribution in [-0.4, -0.2) is 53.8 Å². The highest BCUT2D eigenvalue weighted by molar-refractivity contribution is 6.06. The van der Waals surface area contributed by atoms with Gasteiger partial charge in [-0.3, -0.25) is 14.5 Å². The monoisotopic (exact) mass is 388 g/mol. The molecule has 0 bridgehead atoms. The second-order valence-electron chi connectivity index (χ2n) is 7.21. The lowest BCUT2D eigenvalue weighted by atomic mass is 10.1. The van der Waals surface area contributed by atoms with Gasteiger partial charge in [0.2, 0.25) is 5.91 Å². The number of benzene rings is 1. The molecular weight excluding hydrogens is 364 g/mol. The first-order chi connectivity index (χ1) is 13.3. The number of hydrazone groups is 1. The van der Waals surface area contributed by atoms with E-state index in [2.05, 4.69) is 15.8 Å². The fraction of sp³-hybridized carbons (Fsp3) is 0.474. The summed E-state index contributed by atoms with van der Waals surface area (Å²) in [4.78, 5) is 37.0. The molecule has 3 rings (SSSR count). The number of urea groups is 1. The normalized spacial score (nSPS) is 18.5. The van der Waals surface area contributed by atoms with E-state index in [-0.39, 0.29) is 24.8 Å². The second kappa shape index (κ2) is 7.87. The van der Waals surface area contributed by atoms with Crippen molar-refractivity contribution < 1.29 is 23.9 Å². The van der Waals surface area contributed by atoms with Crippen molar-refractivity contribution in [3.63, 3.8) is 0 Å². The van der Waals surface area contributed by atoms with Gasteiger partial charge in [-0.05, 0) is 39.0 Å². The molecule has 0 atom stereocenters. The maximum atomic E-state index is 12.1. The van der Waals surface area contributed by atoms with Crippen molar-refractivity contribution in [1.82, 2.24) is 15.6 Å². The van der Waals surface area contributed by atoms with Crippen molar-refractivity contribution in [1.29, 1.82) is 0 Å². The third-order valence-electron chi connectivity index (χ3n) is 4.52. The van der Waals surface area contributed by atoms with Gasteiger partial charge in [0.05, 0.1) is 18.9 Å². The van der Waals surface area contributed by atoms with Crippen LogP contribution in [0.25, 0.3) is 0 Å². The van der Waals surface area contributed by atoms with Crippen molar-refractivity contribution >= 4 is 23.6 Å². The molecule has 9 heteroatoms. The topological polar surface area (TPSA) is 109 Å². The summed E-state index contributed by atoms with van der Waals surface area (Å²) in [6, 6.07) is 4.99. The number of ether oxygens (including phenoxy) is 2. The van der Waals surface area contributed by atoms with Gasteiger partial charge in [-0.2, -0.15) is 5.10 Å². The summed E-state index contributed by atoms with van der Waals surface area (Å²) < 4.78 is 11.2. The molecule has 2 heterocycles. The molecule has 0 aromatic heterocycles. The number of amides is 4. The predicted molar refractivity (Wildman–Crippen MR) is 101 cm³/mol. The van der Waals surface area contributed by atoms with Crippen LogP contribution in [0.2, 0.25) is 0 Å². The van der Waals surface area contributed by atoms with Gasteiger partial charge in [-0.1, -0.05) is 0 Å². The van der Waals surface area contributed by atoms with E-state index < -0.39 is 11.6 Å². The van der Waals surface area contributed by atoms with Crippen LogP contribution < -0.4 is 20.2 Å². The Morgan fingerprint density at radius 1 is 1.25 bits per heavy atom. The lowest BCUT2D eigenvalue weighted by molar-refractivity contribution is -0.130. The highest BCUT2D eigenvalue weighted by Crippen LogP contribution is 2.30. The van der Waals surface area contributed by atoms with E-state index in [0.717, 1.165) is 16.9 Å². The molecule has 0 unspecified atom stereocenters. The van der Waals surface area contributed by atoms with Crippen molar-refractivity contribution in [2.75, 3.05) is 19.8 Å². The number of fused-ring (bicyclic) bond motifs is 1. The molecule has 1 saturated heterocycles. The maximum Gasteiger partial charge on any atom is 0.325 e. The molecule has 0 saturated carbocycles. The largest absolute Gasteiger partial charge is 0.490 e. The first-order valence-electron chi connectivity index (χ1n) is 9.15. The summed E-state index contributed by atoms with van der Waals surface area (Å²) in [7, 11) is 0. The Balaban J connectivity index is 1.56. The molecule has 4 amide bonds. The fourth-order valence-corrected chi connectivity index (χ4v) is 2.89. The van der Waals surface area contributed by atoms with Crippen LogP contribution in [-0.2, 0) is 9.59 Å². The third-order valence-corrected chi connectivity index (χ3v) is 4.52. The van der Waals surface area contributed by atoms with Gasteiger partial charge in [-0.15, -0.1) is 0 Å². The number of imide groups is 1. The summed E-state index contributed by atoms with van der Waals surface area (Å²) in [6.07, 6.45) is 0.787. The zero-order valence-electron chi connectivity index (χ0n) is 16.2. The van der Waals surface area contributed by atoms with Crippen molar-refractivity contribution in [2.24, 2.45) is 5.10 Å². The Hall–Kier alpha value is -3.10. The van der Waals surface area contributed by atoms with Crippen LogP contribution in [0.4, 0.5) is 4.79 Å². The molecule has 150 valence electrons. The van der Waals surface area contributed by atoms with Gasteiger partial charge in [0.25, 0.3) is 5.91 Å². The molecule has 2 aliphatic rings. The van der Waals surface area contributed by atoms with Crippen molar-refractivity contribution in [2.45, 2.75) is 39.2 Å². The van der Waals surface area contributed by atoms with Crippen LogP contribution in [0.3, 0.4) is 0 Å². The van der Waals surface area contributed by atoms with Gasteiger partial charge >= 0.3 is 6.03 Å². The molecular formula is C19H24N4O5. The Kier molecular flexibility index (Phi) is 5.53. The zero-order valence-corrected chi connectivity index (χ0v) is 16.2. The number of carbonyl (C=O) groups is 3. The Morgan fingerprint density at radius 2 is 1.96 bits per heavy atom. The minimum atomic E-state index is -0.945. The molecule has 0 aliphatic carbocycles. The van der Waals surface area contributed by atoms with Gasteiger partial charge < -0.3 is 14.8 Å². The Morgan fingerprint density at radius 3 is 2.64 bits per heavy atom. The third kappa shape index (κ3) is 4.24. The molecule has 0 spiro atoms. The summed E-state index contributed by atoms with van der Waals surface area (Å²) in [5.74, 6) is 0.600. The van der Waals surface area contributed by atoms with Crippen LogP contribution >= 0.6 is 0 Å². The maximum absolute atomic E-state index is 12.1. The van der Waals surface area contributed by atoms with Crippen LogP contribution in [0, 0.1) is 0 Å². The van der Waals surface area contributed by atoms with Crippen LogP contribution in [0.15, 0.2) is 23.3 Å². The minimum absolute atomic E-state index is 0.00147. The SMILES string of the molecule is C/C(=N/NC(=O)CCN1C(=O)NC(C)(C)C1=O)c1ccc2c(c1)OCCCO2. The zero-order chi connectivity index (χ0) is 20.3. The molecule has 1 aromatic carbocycles. The summed E-state index contributed by atoms with van der Waals surface area (Å²) in [5, 5.41) is 6.67. The quantitative estimate of drug-likeness (QED) is 0.450. The molecule has 0 radical (unpaired) electrons. The smallest absolute Gasteiger partial charge is 0.325 e. The fourth-order valence-electron chi connectivity index (χ4n) is 2.89. The molecule has 1 fully saturated rings. The Bertz CT molecular complexity index is 834. The molecule has 9 nitrogen and oxygen atoms in total. The van der Waals surface area contributed by atoms with Gasteiger partial charge in [-0.25, -0.2) is 10.2 Å². The van der Waals surface area contributed by atoms with E-state index in [4.69, 9.17) is 9.47 Å². The van der Waals surface area contributed by atoms with E-state index >= 15 is 0 Å². The number of hydrogen-bond acceptors (Lipinski definition) is 6. The van der Waals surface area contributed by atoms with Crippen molar-refractivity contribution in [3.8, 4) is 11.5 Å². The van der Waals surface area contributed by atoms with Crippen LogP contribution in [0.1, 0.15) is 39.2 Å². The van der Waals surface area contributed by atoms with Crippen LogP contribution in [0.5, 0.6) is 11.5 Å². The standard InChI is InChI=1S/C19H24N4O5/c1-12(13-5-6-14-15(11-13)28-10-4-9-27-14)21-22-16(24)7-8-23-17(25)19(2,3)20-18(23)26/h5-6,11H,4,7-10H2,1-3H3,(H,20,26)(H,22,24)/b21-12-. The summed E-state index contributed by atoms with van der Waals surface area (Å²) in [6.45, 7) is 6.21. The second-order valence-corrected chi connectivity index (χ2v) is 7.21. The number of nitrogens with one attached hydrogen (secondary N) is 2. The molecule has 28 heavy (non-hydrogen) atoms. The van der Waals surface area contributed by atoms with E-state index in [9.17, 15) is 14.4 Å². The first kappa shape index (κ1) is 19.7. The lowest BCUT2D eigenvalue weighted by Crippen LogP contribution is -2.40. The average molecular weight is 388 g/mol. The van der Waals surface area contributed by atoms with Gasteiger partial charge in [0.1, 0.15) is 5.54 Å². The molecule has 2 N–H and O–H groups in total. The average Bonchev–Trinajstić information content (AvgIpc) is 2.83. The predicted octanol–water partition coefficient (Wildman–Crippen LogP) is 1.41. The van der Waals surface area contributed by atoms with E-state index in [0.29, 0.717) is 30.4 Å². The van der Waals surface area contributed by atoms with E-state index in [1.165, 1.54) is 0 Å². The number of rotatable bonds is 5. The minimum Gasteiger partial charge on any atom is -0.490 e. The molecule has 2 aliphatic heterocycles. The number of carbonyl (C=O) groups excluding carboxylic acids is 3. The highest BCUT2D eigenvalue weighted by Gasteiger charge is 2.43. The Labute approximate surface area is 163 Å². The van der Waals surface area contributed by atoms with Gasteiger partial charge in [0.15, 0.2) is 11.5 Å². The van der Waals surface area contributed by atoms with Crippen molar-refractivity contribution in [3.05, 3.63) is 23.8 Å². The summed E-state index contributed by atoms with van der Waals surface area (Å²) in [5.41, 5.74) is 2.90. The first-order valence-corrected chi connectivity index (χ1v) is 9.15. The number of nitrogens with zero attached hydrogens (tertiary/aromatic N) is 2. The van der Waals surface area contributed by atoms with E-state index in [1.807, 2.05) is 18.2 Å². The number of hydrogen-bond donors (Lipinski definition) is 2. The lowest BCUT2D eigenvalue weighted by Gasteiger charge is -2.15. The summed E-state index contributed by atoms with van der Waals surface area (Å²) >= 11 is 0. The van der Waals surface area contributed by atoms with E-state index in [1.54, 1.807) is 20.8 Å². The highest BCUT2D eigenvalue weighted by atomic mass is 16.5. The van der Waals surface area contributed by atoms with Gasteiger partial charge in [0, 0.05) is 24.9 Å². The molecule has 1 aromatic rings.